The van der Waals surface area contributed by atoms with E-state index in [1.54, 1.807) is 11.0 Å². The highest BCUT2D eigenvalue weighted by molar-refractivity contribution is 8.77. The first-order chi connectivity index (χ1) is 15.6. The Labute approximate surface area is 198 Å². The van der Waals surface area contributed by atoms with Crippen molar-refractivity contribution in [1.82, 2.24) is 10.2 Å². The van der Waals surface area contributed by atoms with Crippen LogP contribution in [0.1, 0.15) is 24.9 Å². The summed E-state index contributed by atoms with van der Waals surface area (Å²) < 4.78 is 19.3. The second-order valence-corrected chi connectivity index (χ2v) is 9.84. The Bertz CT molecular complexity index is 928. The van der Waals surface area contributed by atoms with Crippen LogP contribution in [0.2, 0.25) is 0 Å². The molecule has 1 aliphatic heterocycles. The summed E-state index contributed by atoms with van der Waals surface area (Å²) in [4.78, 5) is 48.1. The van der Waals surface area contributed by atoms with E-state index < -0.39 is 41.7 Å². The van der Waals surface area contributed by atoms with Gasteiger partial charge in [-0.2, -0.15) is 0 Å². The topological polar surface area (TPSA) is 133 Å². The molecule has 0 radical (unpaired) electrons. The Hall–Kier alpha value is -2.57. The number of carboxylic acid groups (broad SMARTS) is 2. The molecule has 1 amide bonds. The van der Waals surface area contributed by atoms with Gasteiger partial charge in [0.15, 0.2) is 0 Å². The molecule has 0 saturated carbocycles. The zero-order valence-electron chi connectivity index (χ0n) is 18.0. The lowest BCUT2D eigenvalue weighted by atomic mass is 9.98. The van der Waals surface area contributed by atoms with Crippen LogP contribution in [-0.4, -0.2) is 76.2 Å². The predicted octanol–water partition coefficient (Wildman–Crippen LogP) is 2.10. The quantitative estimate of drug-likeness (QED) is 0.249. The molecular weight excluding hydrogens is 475 g/mol. The number of rotatable bonds is 10. The predicted molar refractivity (Wildman–Crippen MR) is 122 cm³/mol. The van der Waals surface area contributed by atoms with E-state index in [2.05, 4.69) is 5.32 Å². The van der Waals surface area contributed by atoms with Gasteiger partial charge in [0.2, 0.25) is 5.91 Å². The average molecular weight is 501 g/mol. The lowest BCUT2D eigenvalue weighted by Crippen LogP contribution is -2.43. The van der Waals surface area contributed by atoms with E-state index in [-0.39, 0.29) is 23.1 Å². The molecule has 1 aromatic carbocycles. The van der Waals surface area contributed by atoms with E-state index in [9.17, 15) is 33.8 Å². The van der Waals surface area contributed by atoms with Crippen LogP contribution in [0.3, 0.4) is 0 Å². The van der Waals surface area contributed by atoms with E-state index in [1.807, 2.05) is 0 Å². The number of hydrogen-bond donors (Lipinski definition) is 3. The van der Waals surface area contributed by atoms with Gasteiger partial charge in [0, 0.05) is 42.7 Å². The minimum atomic E-state index is -1.17. The van der Waals surface area contributed by atoms with E-state index in [0.29, 0.717) is 18.5 Å². The fraction of sp³-hybridized carbons (Fsp3) is 0.429. The van der Waals surface area contributed by atoms with Gasteiger partial charge in [-0.1, -0.05) is 39.8 Å². The van der Waals surface area contributed by atoms with Crippen LogP contribution >= 0.6 is 21.6 Å². The van der Waals surface area contributed by atoms with Crippen molar-refractivity contribution in [1.29, 1.82) is 0 Å². The lowest BCUT2D eigenvalue weighted by Gasteiger charge is -2.37. The molecule has 1 fully saturated rings. The Morgan fingerprint density at radius 1 is 1.30 bits per heavy atom. The van der Waals surface area contributed by atoms with Gasteiger partial charge in [-0.05, 0) is 18.1 Å². The van der Waals surface area contributed by atoms with E-state index >= 15 is 0 Å². The van der Waals surface area contributed by atoms with Crippen LogP contribution < -0.4 is 5.32 Å². The number of nitrogens with zero attached hydrogens (tertiary/aromatic N) is 1. The van der Waals surface area contributed by atoms with Crippen LogP contribution in [0.4, 0.5) is 4.39 Å². The standard InChI is InChI=1S/C21H25FN2O7S2/c1-12(25)23-16(20(28)29)11-32-33-17-7-8-24(10-13(17)9-18(26)27)19(21(30)31-2)14-5-3-4-6-15(14)22/h3-6,9,16-17,19H,7-8,10-11H2,1-2H3,(H,23,25)(H,26,27)(H,28,29)/b13-9-/t16-,17?,19?/m0/s1. The zero-order chi connectivity index (χ0) is 24.5. The molecule has 33 heavy (non-hydrogen) atoms. The van der Waals surface area contributed by atoms with Crippen molar-refractivity contribution in [3.8, 4) is 0 Å². The number of carboxylic acids is 2. The first-order valence-corrected chi connectivity index (χ1v) is 12.3. The van der Waals surface area contributed by atoms with Crippen LogP contribution in [0.5, 0.6) is 0 Å². The van der Waals surface area contributed by atoms with Crippen molar-refractivity contribution in [2.24, 2.45) is 0 Å². The molecule has 3 N–H and O–H groups in total. The number of ether oxygens (including phenoxy) is 1. The molecule has 0 aliphatic carbocycles. The largest absolute Gasteiger partial charge is 0.480 e. The summed E-state index contributed by atoms with van der Waals surface area (Å²) in [5.74, 6) is -3.93. The van der Waals surface area contributed by atoms with Gasteiger partial charge in [-0.15, -0.1) is 0 Å². The molecule has 9 nitrogen and oxygen atoms in total. The number of carbonyl (C=O) groups is 4. The number of methoxy groups -OCH3 is 1. The number of esters is 1. The smallest absolute Gasteiger partial charge is 0.328 e. The van der Waals surface area contributed by atoms with E-state index in [4.69, 9.17) is 4.74 Å². The molecular formula is C21H25FN2O7S2. The van der Waals surface area contributed by atoms with Crippen LogP contribution in [0.25, 0.3) is 0 Å². The van der Waals surface area contributed by atoms with Crippen molar-refractivity contribution >= 4 is 45.4 Å². The summed E-state index contributed by atoms with van der Waals surface area (Å²) in [7, 11) is 3.71. The Balaban J connectivity index is 2.17. The first kappa shape index (κ1) is 26.7. The summed E-state index contributed by atoms with van der Waals surface area (Å²) in [5, 5.41) is 20.6. The summed E-state index contributed by atoms with van der Waals surface area (Å²) in [5.41, 5.74) is 0.641. The SMILES string of the molecule is COC(=O)C(c1ccccc1F)N1CCC(SSC[C@H](NC(C)=O)C(=O)O)/C(=C\C(=O)O)C1. The Morgan fingerprint density at radius 2 is 2.00 bits per heavy atom. The molecule has 1 aliphatic rings. The number of carbonyl (C=O) groups excluding carboxylic acids is 2. The third-order valence-electron chi connectivity index (χ3n) is 4.87. The molecule has 0 spiro atoms. The number of hydrogen-bond acceptors (Lipinski definition) is 8. The van der Waals surface area contributed by atoms with Crippen molar-refractivity contribution in [2.45, 2.75) is 30.7 Å². The number of likely N-dealkylation sites (tertiary alicyclic amines) is 1. The fourth-order valence-corrected chi connectivity index (χ4v) is 6.27. The monoisotopic (exact) mass is 500 g/mol. The molecule has 180 valence electrons. The second kappa shape index (κ2) is 12.6. The fourth-order valence-electron chi connectivity index (χ4n) is 3.40. The Kier molecular flexibility index (Phi) is 10.2. The maximum absolute atomic E-state index is 14.4. The van der Waals surface area contributed by atoms with Gasteiger partial charge in [-0.25, -0.2) is 18.8 Å². The third kappa shape index (κ3) is 7.76. The summed E-state index contributed by atoms with van der Waals surface area (Å²) >= 11 is 0. The third-order valence-corrected chi connectivity index (χ3v) is 7.76. The van der Waals surface area contributed by atoms with Gasteiger partial charge in [0.1, 0.15) is 17.9 Å². The molecule has 1 heterocycles. The number of nitrogens with one attached hydrogen (secondary N) is 1. The van der Waals surface area contributed by atoms with Gasteiger partial charge in [-0.3, -0.25) is 9.69 Å². The lowest BCUT2D eigenvalue weighted by molar-refractivity contribution is -0.147. The molecule has 3 atom stereocenters. The van der Waals surface area contributed by atoms with Gasteiger partial charge in [0.25, 0.3) is 0 Å². The number of benzene rings is 1. The highest BCUT2D eigenvalue weighted by atomic mass is 33.1. The van der Waals surface area contributed by atoms with Crippen molar-refractivity contribution < 1.29 is 38.5 Å². The minimum Gasteiger partial charge on any atom is -0.480 e. The number of aliphatic carboxylic acids is 2. The summed E-state index contributed by atoms with van der Waals surface area (Å²) in [6.07, 6.45) is 1.50. The van der Waals surface area contributed by atoms with Gasteiger partial charge in [0.05, 0.1) is 7.11 Å². The van der Waals surface area contributed by atoms with Crippen molar-refractivity contribution in [3.05, 3.63) is 47.3 Å². The van der Waals surface area contributed by atoms with Crippen LogP contribution in [0.15, 0.2) is 35.9 Å². The molecule has 2 rings (SSSR count). The number of piperidine rings is 1. The highest BCUT2D eigenvalue weighted by Crippen LogP contribution is 2.39. The minimum absolute atomic E-state index is 0.0835. The second-order valence-electron chi connectivity index (χ2n) is 7.22. The number of halogens is 1. The molecule has 0 aromatic heterocycles. The van der Waals surface area contributed by atoms with Crippen molar-refractivity contribution in [2.75, 3.05) is 26.0 Å². The van der Waals surface area contributed by atoms with E-state index in [0.717, 1.165) is 6.08 Å². The maximum Gasteiger partial charge on any atom is 0.328 e. The number of amides is 1. The summed E-state index contributed by atoms with van der Waals surface area (Å²) in [6, 6.07) is 3.73. The molecule has 0 bridgehead atoms. The zero-order valence-corrected chi connectivity index (χ0v) is 19.7. The first-order valence-electron chi connectivity index (χ1n) is 9.91. The Morgan fingerprint density at radius 3 is 2.58 bits per heavy atom. The molecule has 12 heteroatoms. The molecule has 1 aromatic rings. The molecule has 1 saturated heterocycles. The van der Waals surface area contributed by atoms with Crippen LogP contribution in [0, 0.1) is 5.82 Å². The maximum atomic E-state index is 14.4. The highest BCUT2D eigenvalue weighted by Gasteiger charge is 2.36. The average Bonchev–Trinajstić information content (AvgIpc) is 2.74. The summed E-state index contributed by atoms with van der Waals surface area (Å²) in [6.45, 7) is 1.68. The van der Waals surface area contributed by atoms with Gasteiger partial charge < -0.3 is 20.3 Å². The van der Waals surface area contributed by atoms with Crippen molar-refractivity contribution in [3.63, 3.8) is 0 Å². The normalized spacial score (nSPS) is 19.5. The molecule has 2 unspecified atom stereocenters. The van der Waals surface area contributed by atoms with Crippen LogP contribution in [-0.2, 0) is 23.9 Å². The van der Waals surface area contributed by atoms with Gasteiger partial charge >= 0.3 is 17.9 Å². The van der Waals surface area contributed by atoms with E-state index in [1.165, 1.54) is 53.8 Å².